The van der Waals surface area contributed by atoms with Crippen molar-refractivity contribution in [3.05, 3.63) is 51.2 Å². The molecule has 4 heteroatoms. The van der Waals surface area contributed by atoms with E-state index in [1.165, 1.54) is 4.88 Å². The third-order valence-electron chi connectivity index (χ3n) is 3.73. The van der Waals surface area contributed by atoms with Gasteiger partial charge in [-0.1, -0.05) is 6.92 Å². The van der Waals surface area contributed by atoms with E-state index in [0.29, 0.717) is 12.0 Å². The molecule has 1 aliphatic rings. The lowest BCUT2D eigenvalue weighted by Crippen LogP contribution is -2.09. The Morgan fingerprint density at radius 3 is 2.86 bits per heavy atom. The first kappa shape index (κ1) is 14.0. The highest BCUT2D eigenvalue weighted by Gasteiger charge is 2.17. The maximum Gasteiger partial charge on any atom is 0.224 e. The van der Waals surface area contributed by atoms with Crippen molar-refractivity contribution in [2.24, 2.45) is 0 Å². The average Bonchev–Trinajstić information content (AvgIpc) is 2.89. The van der Waals surface area contributed by atoms with E-state index in [2.05, 4.69) is 12.2 Å². The minimum atomic E-state index is 0.0543. The molecule has 0 atom stereocenters. The highest BCUT2D eigenvalue weighted by Crippen LogP contribution is 2.26. The summed E-state index contributed by atoms with van der Waals surface area (Å²) >= 11 is 1.56. The van der Waals surface area contributed by atoms with Crippen LogP contribution >= 0.6 is 11.3 Å². The highest BCUT2D eigenvalue weighted by molar-refractivity contribution is 7.14. The number of carbonyl (C=O) groups is 2. The first-order valence-corrected chi connectivity index (χ1v) is 8.05. The zero-order valence-corrected chi connectivity index (χ0v) is 12.8. The normalized spacial score (nSPS) is 14.2. The molecule has 1 N–H and O–H groups in total. The fourth-order valence-electron chi connectivity index (χ4n) is 2.55. The van der Waals surface area contributed by atoms with Gasteiger partial charge in [-0.15, -0.1) is 11.3 Å². The second-order valence-electron chi connectivity index (χ2n) is 5.22. The molecule has 0 radical (unpaired) electrons. The Morgan fingerprint density at radius 2 is 2.10 bits per heavy atom. The summed E-state index contributed by atoms with van der Waals surface area (Å²) < 4.78 is 0. The van der Waals surface area contributed by atoms with E-state index in [9.17, 15) is 9.59 Å². The molecule has 1 aromatic heterocycles. The van der Waals surface area contributed by atoms with Crippen LogP contribution in [0.15, 0.2) is 30.3 Å². The van der Waals surface area contributed by atoms with Crippen LogP contribution < -0.4 is 5.32 Å². The van der Waals surface area contributed by atoms with Crippen molar-refractivity contribution < 1.29 is 9.59 Å². The van der Waals surface area contributed by atoms with Crippen molar-refractivity contribution in [2.45, 2.75) is 32.6 Å². The van der Waals surface area contributed by atoms with Gasteiger partial charge in [-0.2, -0.15) is 0 Å². The van der Waals surface area contributed by atoms with Crippen molar-refractivity contribution in [1.29, 1.82) is 0 Å². The fourth-order valence-corrected chi connectivity index (χ4v) is 3.46. The number of carbonyl (C=O) groups excluding carboxylic acids is 2. The molecule has 0 fully saturated rings. The predicted molar refractivity (Wildman–Crippen MR) is 85.1 cm³/mol. The molecule has 1 aliphatic heterocycles. The van der Waals surface area contributed by atoms with E-state index >= 15 is 0 Å². The summed E-state index contributed by atoms with van der Waals surface area (Å²) in [5.74, 6) is 0.122. The second-order valence-corrected chi connectivity index (χ2v) is 6.39. The van der Waals surface area contributed by atoms with Gasteiger partial charge in [0.2, 0.25) is 11.7 Å². The molecule has 0 unspecified atom stereocenters. The lowest BCUT2D eigenvalue weighted by atomic mass is 10.0. The van der Waals surface area contributed by atoms with Crippen LogP contribution in [0.1, 0.15) is 45.4 Å². The van der Waals surface area contributed by atoms with Gasteiger partial charge in [-0.3, -0.25) is 9.59 Å². The largest absolute Gasteiger partial charge is 0.326 e. The standard InChI is InChI=1S/C17H17NO2S/c1-2-13-7-9-15(21-13)17(20)12-6-8-14-11(10-12)4-3-5-16(19)18-14/h6-10H,2-5H2,1H3,(H,18,19). The van der Waals surface area contributed by atoms with Crippen LogP contribution in [0.25, 0.3) is 0 Å². The quantitative estimate of drug-likeness (QED) is 0.876. The minimum absolute atomic E-state index is 0.0543. The molecule has 3 nitrogen and oxygen atoms in total. The third-order valence-corrected chi connectivity index (χ3v) is 4.95. The lowest BCUT2D eigenvalue weighted by Gasteiger charge is -2.08. The van der Waals surface area contributed by atoms with Gasteiger partial charge in [0.1, 0.15) is 0 Å². The second kappa shape index (κ2) is 5.82. The number of aryl methyl sites for hydroxylation is 2. The van der Waals surface area contributed by atoms with Crippen molar-refractivity contribution >= 4 is 28.7 Å². The van der Waals surface area contributed by atoms with Gasteiger partial charge >= 0.3 is 0 Å². The Bertz CT molecular complexity index is 703. The van der Waals surface area contributed by atoms with Crippen LogP contribution in [0.4, 0.5) is 5.69 Å². The highest BCUT2D eigenvalue weighted by atomic mass is 32.1. The molecule has 1 amide bonds. The van der Waals surface area contributed by atoms with Gasteiger partial charge < -0.3 is 5.32 Å². The molecule has 0 aliphatic carbocycles. The average molecular weight is 299 g/mol. The monoisotopic (exact) mass is 299 g/mol. The van der Waals surface area contributed by atoms with E-state index in [1.807, 2.05) is 24.3 Å². The Hall–Kier alpha value is -1.94. The maximum atomic E-state index is 12.5. The van der Waals surface area contributed by atoms with Crippen LogP contribution in [-0.4, -0.2) is 11.7 Å². The summed E-state index contributed by atoms with van der Waals surface area (Å²) in [6.07, 6.45) is 3.16. The van der Waals surface area contributed by atoms with Crippen LogP contribution in [0, 0.1) is 0 Å². The number of hydrogen-bond acceptors (Lipinski definition) is 3. The summed E-state index contributed by atoms with van der Waals surface area (Å²) in [4.78, 5) is 26.1. The van der Waals surface area contributed by atoms with Crippen molar-refractivity contribution in [2.75, 3.05) is 5.32 Å². The summed E-state index contributed by atoms with van der Waals surface area (Å²) in [6.45, 7) is 2.09. The summed E-state index contributed by atoms with van der Waals surface area (Å²) in [5, 5.41) is 2.89. The number of anilines is 1. The van der Waals surface area contributed by atoms with Gasteiger partial charge in [0.25, 0.3) is 0 Å². The SMILES string of the molecule is CCc1ccc(C(=O)c2ccc3c(c2)CCCC(=O)N3)s1. The Kier molecular flexibility index (Phi) is 3.88. The molecule has 0 saturated carbocycles. The predicted octanol–water partition coefficient (Wildman–Crippen LogP) is 3.82. The fraction of sp³-hybridized carbons (Fsp3) is 0.294. The molecular formula is C17H17NO2S. The number of benzene rings is 1. The van der Waals surface area contributed by atoms with E-state index in [1.54, 1.807) is 17.4 Å². The van der Waals surface area contributed by atoms with Gasteiger partial charge in [-0.25, -0.2) is 0 Å². The van der Waals surface area contributed by atoms with E-state index in [-0.39, 0.29) is 11.7 Å². The number of ketones is 1. The molecule has 0 bridgehead atoms. The van der Waals surface area contributed by atoms with E-state index in [0.717, 1.165) is 35.4 Å². The van der Waals surface area contributed by atoms with Gasteiger partial charge in [-0.05, 0) is 55.2 Å². The summed E-state index contributed by atoms with van der Waals surface area (Å²) in [6, 6.07) is 9.49. The van der Waals surface area contributed by atoms with Crippen LogP contribution in [-0.2, 0) is 17.6 Å². The molecule has 1 aromatic carbocycles. The van der Waals surface area contributed by atoms with Crippen LogP contribution in [0.3, 0.4) is 0 Å². The summed E-state index contributed by atoms with van der Waals surface area (Å²) in [7, 11) is 0. The first-order chi connectivity index (χ1) is 10.2. The minimum Gasteiger partial charge on any atom is -0.326 e. The smallest absolute Gasteiger partial charge is 0.224 e. The first-order valence-electron chi connectivity index (χ1n) is 7.23. The zero-order valence-electron chi connectivity index (χ0n) is 11.9. The number of hydrogen-bond donors (Lipinski definition) is 1. The van der Waals surface area contributed by atoms with Crippen molar-refractivity contribution in [1.82, 2.24) is 0 Å². The Morgan fingerprint density at radius 1 is 1.24 bits per heavy atom. The van der Waals surface area contributed by atoms with Gasteiger partial charge in [0, 0.05) is 22.5 Å². The molecule has 21 heavy (non-hydrogen) atoms. The molecular weight excluding hydrogens is 282 g/mol. The van der Waals surface area contributed by atoms with Gasteiger partial charge in [0.15, 0.2) is 0 Å². The number of rotatable bonds is 3. The van der Waals surface area contributed by atoms with Crippen molar-refractivity contribution in [3.8, 4) is 0 Å². The van der Waals surface area contributed by atoms with E-state index < -0.39 is 0 Å². The van der Waals surface area contributed by atoms with Crippen LogP contribution in [0.5, 0.6) is 0 Å². The Labute approximate surface area is 128 Å². The van der Waals surface area contributed by atoms with Gasteiger partial charge in [0.05, 0.1) is 4.88 Å². The lowest BCUT2D eigenvalue weighted by molar-refractivity contribution is -0.116. The molecule has 2 heterocycles. The molecule has 0 spiro atoms. The zero-order chi connectivity index (χ0) is 14.8. The van der Waals surface area contributed by atoms with Crippen molar-refractivity contribution in [3.63, 3.8) is 0 Å². The van der Waals surface area contributed by atoms with Crippen LogP contribution in [0.2, 0.25) is 0 Å². The number of amides is 1. The maximum absolute atomic E-state index is 12.5. The summed E-state index contributed by atoms with van der Waals surface area (Å²) in [5.41, 5.74) is 2.60. The number of thiophene rings is 1. The molecule has 0 saturated heterocycles. The number of fused-ring (bicyclic) bond motifs is 1. The Balaban J connectivity index is 1.91. The topological polar surface area (TPSA) is 46.2 Å². The molecule has 2 aromatic rings. The third kappa shape index (κ3) is 2.90. The molecule has 3 rings (SSSR count). The van der Waals surface area contributed by atoms with E-state index in [4.69, 9.17) is 0 Å². The number of nitrogens with one attached hydrogen (secondary N) is 1. The molecule has 108 valence electrons.